The molecular weight excluding hydrogens is 256 g/mol. The van der Waals surface area contributed by atoms with Crippen LogP contribution in [0.25, 0.3) is 0 Å². The van der Waals surface area contributed by atoms with Crippen molar-refractivity contribution in [3.8, 4) is 0 Å². The van der Waals surface area contributed by atoms with E-state index in [1.807, 2.05) is 19.3 Å². The van der Waals surface area contributed by atoms with Gasteiger partial charge in [-0.15, -0.1) is 0 Å². The second kappa shape index (κ2) is 4.31. The Morgan fingerprint density at radius 2 is 2.47 bits per heavy atom. The van der Waals surface area contributed by atoms with E-state index in [-0.39, 0.29) is 11.9 Å². The zero-order valence-electron chi connectivity index (χ0n) is 8.59. The number of nitrogens with zero attached hydrogens (tertiary/aromatic N) is 1. The molecule has 0 radical (unpaired) electrons. The molecule has 1 atom stereocenters. The molecule has 1 aliphatic rings. The van der Waals surface area contributed by atoms with Crippen LogP contribution in [0, 0.1) is 0 Å². The number of carbonyl (C=O) groups is 1. The first-order chi connectivity index (χ1) is 7.22. The van der Waals surface area contributed by atoms with Crippen LogP contribution in [0.1, 0.15) is 36.9 Å². The molecule has 1 heterocycles. The number of rotatable bonds is 2. The summed E-state index contributed by atoms with van der Waals surface area (Å²) in [4.78, 5) is 15.5. The quantitative estimate of drug-likeness (QED) is 0.895. The van der Waals surface area contributed by atoms with Crippen LogP contribution in [0.4, 0.5) is 0 Å². The summed E-state index contributed by atoms with van der Waals surface area (Å²) >= 11 is 3.48. The Morgan fingerprint density at radius 3 is 3.20 bits per heavy atom. The first kappa shape index (κ1) is 10.6. The van der Waals surface area contributed by atoms with Crippen LogP contribution in [-0.2, 0) is 11.2 Å². The van der Waals surface area contributed by atoms with Gasteiger partial charge in [0, 0.05) is 23.3 Å². The first-order valence-electron chi connectivity index (χ1n) is 5.14. The average Bonchev–Trinajstić information content (AvgIpc) is 2.63. The van der Waals surface area contributed by atoms with Crippen molar-refractivity contribution < 1.29 is 4.79 Å². The van der Waals surface area contributed by atoms with Crippen molar-refractivity contribution in [3.63, 3.8) is 0 Å². The molecule has 1 amide bonds. The Hall–Kier alpha value is -0.900. The fraction of sp³-hybridized carbons (Fsp3) is 0.455. The maximum atomic E-state index is 11.3. The molecule has 80 valence electrons. The molecular formula is C11H13BrN2O. The maximum Gasteiger partial charge on any atom is 0.220 e. The highest BCUT2D eigenvalue weighted by molar-refractivity contribution is 9.10. The number of hydrogen-bond acceptors (Lipinski definition) is 2. The molecule has 1 aromatic rings. The first-order valence-corrected chi connectivity index (χ1v) is 5.93. The summed E-state index contributed by atoms with van der Waals surface area (Å²) in [6.45, 7) is 1.87. The largest absolute Gasteiger partial charge is 0.349 e. The Labute approximate surface area is 97.4 Å². The predicted octanol–water partition coefficient (Wildman–Crippen LogP) is 2.36. The molecule has 1 aliphatic carbocycles. The predicted molar refractivity (Wildman–Crippen MR) is 61.4 cm³/mol. The molecule has 0 aromatic carbocycles. The zero-order chi connectivity index (χ0) is 10.8. The lowest BCUT2D eigenvalue weighted by Crippen LogP contribution is -2.26. The third kappa shape index (κ3) is 2.04. The van der Waals surface area contributed by atoms with Crippen molar-refractivity contribution in [3.05, 3.63) is 28.0 Å². The number of pyridine rings is 1. The van der Waals surface area contributed by atoms with Crippen LogP contribution in [0.15, 0.2) is 16.9 Å². The molecule has 0 saturated carbocycles. The minimum atomic E-state index is 0.104. The monoisotopic (exact) mass is 268 g/mol. The number of nitrogens with one attached hydrogen (secondary N) is 1. The number of hydrogen-bond donors (Lipinski definition) is 1. The van der Waals surface area contributed by atoms with Gasteiger partial charge in [-0.1, -0.05) is 6.92 Å². The average molecular weight is 269 g/mol. The van der Waals surface area contributed by atoms with E-state index in [0.29, 0.717) is 6.42 Å². The minimum Gasteiger partial charge on any atom is -0.349 e. The summed E-state index contributed by atoms with van der Waals surface area (Å²) in [7, 11) is 0. The van der Waals surface area contributed by atoms with Gasteiger partial charge >= 0.3 is 0 Å². The van der Waals surface area contributed by atoms with Gasteiger partial charge in [0.2, 0.25) is 5.91 Å². The van der Waals surface area contributed by atoms with E-state index in [4.69, 9.17) is 0 Å². The fourth-order valence-corrected chi connectivity index (χ4v) is 2.48. The van der Waals surface area contributed by atoms with E-state index in [1.165, 1.54) is 5.56 Å². The van der Waals surface area contributed by atoms with Crippen LogP contribution in [0.2, 0.25) is 0 Å². The van der Waals surface area contributed by atoms with Crippen LogP contribution in [0.5, 0.6) is 0 Å². The van der Waals surface area contributed by atoms with Crippen molar-refractivity contribution in [1.82, 2.24) is 10.3 Å². The van der Waals surface area contributed by atoms with Crippen molar-refractivity contribution in [2.75, 3.05) is 0 Å². The standard InChI is InChI=1S/C11H13BrN2O/c1-2-11(15)14-10-4-3-7-8(10)5-13-6-9(7)12/h5-6,10H,2-4H2,1H3,(H,14,15)/t10-/m1/s1. The van der Waals surface area contributed by atoms with Crippen LogP contribution >= 0.6 is 15.9 Å². The molecule has 2 rings (SSSR count). The fourth-order valence-electron chi connectivity index (χ4n) is 1.93. The van der Waals surface area contributed by atoms with E-state index in [0.717, 1.165) is 22.9 Å². The molecule has 3 nitrogen and oxygen atoms in total. The molecule has 0 spiro atoms. The highest BCUT2D eigenvalue weighted by Gasteiger charge is 2.25. The lowest BCUT2D eigenvalue weighted by Gasteiger charge is -2.12. The molecule has 0 saturated heterocycles. The Morgan fingerprint density at radius 1 is 1.67 bits per heavy atom. The van der Waals surface area contributed by atoms with Crippen molar-refractivity contribution in [2.24, 2.45) is 0 Å². The van der Waals surface area contributed by atoms with Gasteiger partial charge in [-0.05, 0) is 39.9 Å². The van der Waals surface area contributed by atoms with Crippen molar-refractivity contribution in [2.45, 2.75) is 32.2 Å². The molecule has 1 aromatic heterocycles. The van der Waals surface area contributed by atoms with Crippen molar-refractivity contribution in [1.29, 1.82) is 0 Å². The Balaban J connectivity index is 2.21. The lowest BCUT2D eigenvalue weighted by atomic mass is 10.1. The number of halogens is 1. The summed E-state index contributed by atoms with van der Waals surface area (Å²) < 4.78 is 1.05. The normalized spacial score (nSPS) is 18.7. The summed E-state index contributed by atoms with van der Waals surface area (Å²) in [6.07, 6.45) is 6.18. The summed E-state index contributed by atoms with van der Waals surface area (Å²) in [5.74, 6) is 0.104. The maximum absolute atomic E-state index is 11.3. The molecule has 0 fully saturated rings. The molecule has 4 heteroatoms. The van der Waals surface area contributed by atoms with E-state index in [9.17, 15) is 4.79 Å². The molecule has 0 bridgehead atoms. The third-order valence-corrected chi connectivity index (χ3v) is 3.44. The van der Waals surface area contributed by atoms with E-state index in [1.54, 1.807) is 0 Å². The number of amides is 1. The third-order valence-electron chi connectivity index (χ3n) is 2.75. The topological polar surface area (TPSA) is 42.0 Å². The zero-order valence-corrected chi connectivity index (χ0v) is 10.2. The van der Waals surface area contributed by atoms with Gasteiger partial charge in [-0.3, -0.25) is 9.78 Å². The lowest BCUT2D eigenvalue weighted by molar-refractivity contribution is -0.121. The van der Waals surface area contributed by atoms with Gasteiger partial charge in [0.15, 0.2) is 0 Å². The van der Waals surface area contributed by atoms with E-state index >= 15 is 0 Å². The second-order valence-electron chi connectivity index (χ2n) is 3.70. The van der Waals surface area contributed by atoms with Crippen LogP contribution in [-0.4, -0.2) is 10.9 Å². The Bertz CT molecular complexity index is 392. The number of fused-ring (bicyclic) bond motifs is 1. The number of aromatic nitrogens is 1. The van der Waals surface area contributed by atoms with Crippen LogP contribution in [0.3, 0.4) is 0 Å². The SMILES string of the molecule is CCC(=O)N[C@@H]1CCc2c(Br)cncc21. The van der Waals surface area contributed by atoms with Crippen molar-refractivity contribution >= 4 is 21.8 Å². The smallest absolute Gasteiger partial charge is 0.220 e. The second-order valence-corrected chi connectivity index (χ2v) is 4.56. The van der Waals surface area contributed by atoms with Crippen LogP contribution < -0.4 is 5.32 Å². The minimum absolute atomic E-state index is 0.104. The van der Waals surface area contributed by atoms with Gasteiger partial charge < -0.3 is 5.32 Å². The summed E-state index contributed by atoms with van der Waals surface area (Å²) in [5.41, 5.74) is 2.44. The summed E-state index contributed by atoms with van der Waals surface area (Å²) in [6, 6.07) is 0.150. The molecule has 1 N–H and O–H groups in total. The summed E-state index contributed by atoms with van der Waals surface area (Å²) in [5, 5.41) is 3.01. The Kier molecular flexibility index (Phi) is 3.05. The van der Waals surface area contributed by atoms with Gasteiger partial charge in [-0.25, -0.2) is 0 Å². The van der Waals surface area contributed by atoms with Gasteiger partial charge in [0.05, 0.1) is 6.04 Å². The van der Waals surface area contributed by atoms with E-state index in [2.05, 4.69) is 26.2 Å². The van der Waals surface area contributed by atoms with Gasteiger partial charge in [-0.2, -0.15) is 0 Å². The van der Waals surface area contributed by atoms with Gasteiger partial charge in [0.25, 0.3) is 0 Å². The highest BCUT2D eigenvalue weighted by atomic mass is 79.9. The molecule has 15 heavy (non-hydrogen) atoms. The van der Waals surface area contributed by atoms with Gasteiger partial charge in [0.1, 0.15) is 0 Å². The highest BCUT2D eigenvalue weighted by Crippen LogP contribution is 2.34. The molecule has 0 aliphatic heterocycles. The van der Waals surface area contributed by atoms with E-state index < -0.39 is 0 Å². The molecule has 0 unspecified atom stereocenters. The number of carbonyl (C=O) groups excluding carboxylic acids is 1.